The number of amides is 2. The van der Waals surface area contributed by atoms with Crippen molar-refractivity contribution in [2.75, 3.05) is 10.6 Å². The highest BCUT2D eigenvalue weighted by atomic mass is 16.5. The van der Waals surface area contributed by atoms with Crippen molar-refractivity contribution in [1.29, 1.82) is 0 Å². The van der Waals surface area contributed by atoms with Crippen molar-refractivity contribution in [3.05, 3.63) is 53.6 Å². The SMILES string of the molecule is O=C1Cc2cc(NC(=O)c3ccccc3OC3CCC3)ccc2N1. The second kappa shape index (κ2) is 6.00. The fourth-order valence-electron chi connectivity index (χ4n) is 2.93. The largest absolute Gasteiger partial charge is 0.490 e. The minimum atomic E-state index is -0.206. The van der Waals surface area contributed by atoms with Gasteiger partial charge in [-0.05, 0) is 55.2 Å². The molecule has 122 valence electrons. The van der Waals surface area contributed by atoms with Crippen LogP contribution in [0.3, 0.4) is 0 Å². The topological polar surface area (TPSA) is 67.4 Å². The highest BCUT2D eigenvalue weighted by molar-refractivity contribution is 6.07. The summed E-state index contributed by atoms with van der Waals surface area (Å²) in [6.45, 7) is 0. The summed E-state index contributed by atoms with van der Waals surface area (Å²) in [5.74, 6) is 0.396. The summed E-state index contributed by atoms with van der Waals surface area (Å²) >= 11 is 0. The molecule has 0 atom stereocenters. The summed E-state index contributed by atoms with van der Waals surface area (Å²) in [6.07, 6.45) is 3.83. The Labute approximate surface area is 140 Å². The molecule has 2 N–H and O–H groups in total. The van der Waals surface area contributed by atoms with Gasteiger partial charge in [0.05, 0.1) is 18.1 Å². The molecule has 2 aromatic carbocycles. The number of carbonyl (C=O) groups excluding carboxylic acids is 2. The van der Waals surface area contributed by atoms with Crippen molar-refractivity contribution in [2.24, 2.45) is 0 Å². The van der Waals surface area contributed by atoms with Crippen LogP contribution in [0.4, 0.5) is 11.4 Å². The third-order valence-corrected chi connectivity index (χ3v) is 4.47. The van der Waals surface area contributed by atoms with Gasteiger partial charge in [-0.15, -0.1) is 0 Å². The van der Waals surface area contributed by atoms with Gasteiger partial charge in [-0.2, -0.15) is 0 Å². The van der Waals surface area contributed by atoms with Crippen LogP contribution >= 0.6 is 0 Å². The molecule has 5 heteroatoms. The van der Waals surface area contributed by atoms with Gasteiger partial charge < -0.3 is 15.4 Å². The summed E-state index contributed by atoms with van der Waals surface area (Å²) in [4.78, 5) is 24.0. The number of benzene rings is 2. The first-order valence-corrected chi connectivity index (χ1v) is 8.19. The van der Waals surface area contributed by atoms with Crippen molar-refractivity contribution in [2.45, 2.75) is 31.8 Å². The highest BCUT2D eigenvalue weighted by Gasteiger charge is 2.22. The third-order valence-electron chi connectivity index (χ3n) is 4.47. The fraction of sp³-hybridized carbons (Fsp3) is 0.263. The van der Waals surface area contributed by atoms with Gasteiger partial charge in [0, 0.05) is 11.4 Å². The smallest absolute Gasteiger partial charge is 0.259 e. The van der Waals surface area contributed by atoms with E-state index in [4.69, 9.17) is 4.74 Å². The number of carbonyl (C=O) groups is 2. The van der Waals surface area contributed by atoms with Crippen LogP contribution < -0.4 is 15.4 Å². The normalized spacial score (nSPS) is 16.1. The standard InChI is InChI=1S/C19H18N2O3/c22-18-11-12-10-13(8-9-16(12)21-18)20-19(23)15-6-1-2-7-17(15)24-14-4-3-5-14/h1-2,6-10,14H,3-5,11H2,(H,20,23)(H,21,22). The molecule has 0 aromatic heterocycles. The number of rotatable bonds is 4. The average molecular weight is 322 g/mol. The Morgan fingerprint density at radius 2 is 2.00 bits per heavy atom. The minimum absolute atomic E-state index is 0.0206. The molecule has 0 bridgehead atoms. The maximum absolute atomic E-state index is 12.6. The van der Waals surface area contributed by atoms with Crippen molar-refractivity contribution in [3.63, 3.8) is 0 Å². The van der Waals surface area contributed by atoms with E-state index in [1.165, 1.54) is 6.42 Å². The summed E-state index contributed by atoms with van der Waals surface area (Å²) in [5.41, 5.74) is 2.91. The van der Waals surface area contributed by atoms with Crippen LogP contribution in [0.15, 0.2) is 42.5 Å². The van der Waals surface area contributed by atoms with Gasteiger partial charge in [-0.1, -0.05) is 12.1 Å². The lowest BCUT2D eigenvalue weighted by Crippen LogP contribution is -2.26. The molecule has 2 amide bonds. The van der Waals surface area contributed by atoms with E-state index in [0.717, 1.165) is 24.1 Å². The van der Waals surface area contributed by atoms with Crippen LogP contribution in [0.2, 0.25) is 0 Å². The van der Waals surface area contributed by atoms with Crippen molar-refractivity contribution >= 4 is 23.2 Å². The maximum atomic E-state index is 12.6. The fourth-order valence-corrected chi connectivity index (χ4v) is 2.93. The van der Waals surface area contributed by atoms with E-state index in [0.29, 0.717) is 23.4 Å². The Bertz CT molecular complexity index is 812. The Morgan fingerprint density at radius 3 is 2.79 bits per heavy atom. The number of anilines is 2. The van der Waals surface area contributed by atoms with E-state index in [2.05, 4.69) is 10.6 Å². The van der Waals surface area contributed by atoms with Crippen molar-refractivity contribution in [1.82, 2.24) is 0 Å². The van der Waals surface area contributed by atoms with E-state index in [-0.39, 0.29) is 17.9 Å². The van der Waals surface area contributed by atoms with E-state index in [1.54, 1.807) is 12.1 Å². The Hall–Kier alpha value is -2.82. The molecular formula is C19H18N2O3. The predicted octanol–water partition coefficient (Wildman–Crippen LogP) is 3.36. The van der Waals surface area contributed by atoms with Crippen molar-refractivity contribution in [3.8, 4) is 5.75 Å². The average Bonchev–Trinajstić information content (AvgIpc) is 2.90. The van der Waals surface area contributed by atoms with Gasteiger partial charge in [0.25, 0.3) is 5.91 Å². The number of nitrogens with one attached hydrogen (secondary N) is 2. The zero-order chi connectivity index (χ0) is 16.5. The third kappa shape index (κ3) is 2.85. The number of hydrogen-bond donors (Lipinski definition) is 2. The number of para-hydroxylation sites is 1. The van der Waals surface area contributed by atoms with Crippen LogP contribution in [0.5, 0.6) is 5.75 Å². The lowest BCUT2D eigenvalue weighted by atomic mass is 9.96. The van der Waals surface area contributed by atoms with E-state index in [1.807, 2.05) is 30.3 Å². The molecule has 0 spiro atoms. The molecule has 24 heavy (non-hydrogen) atoms. The molecule has 0 radical (unpaired) electrons. The predicted molar refractivity (Wildman–Crippen MR) is 91.4 cm³/mol. The Balaban J connectivity index is 1.52. The molecule has 0 unspecified atom stereocenters. The summed E-state index contributed by atoms with van der Waals surface area (Å²) in [6, 6.07) is 12.7. The van der Waals surface area contributed by atoms with E-state index in [9.17, 15) is 9.59 Å². The molecular weight excluding hydrogens is 304 g/mol. The maximum Gasteiger partial charge on any atom is 0.259 e. The molecule has 1 heterocycles. The monoisotopic (exact) mass is 322 g/mol. The van der Waals surface area contributed by atoms with Gasteiger partial charge in [0.1, 0.15) is 5.75 Å². The zero-order valence-electron chi connectivity index (χ0n) is 13.2. The number of fused-ring (bicyclic) bond motifs is 1. The number of ether oxygens (including phenoxy) is 1. The molecule has 1 saturated carbocycles. The second-order valence-corrected chi connectivity index (χ2v) is 6.22. The van der Waals surface area contributed by atoms with Crippen LogP contribution in [-0.4, -0.2) is 17.9 Å². The van der Waals surface area contributed by atoms with Crippen LogP contribution in [-0.2, 0) is 11.2 Å². The Kier molecular flexibility index (Phi) is 3.69. The molecule has 0 saturated heterocycles. The molecule has 2 aliphatic rings. The van der Waals surface area contributed by atoms with Gasteiger partial charge in [-0.25, -0.2) is 0 Å². The second-order valence-electron chi connectivity index (χ2n) is 6.22. The first-order valence-electron chi connectivity index (χ1n) is 8.19. The van der Waals surface area contributed by atoms with Crippen molar-refractivity contribution < 1.29 is 14.3 Å². The first-order chi connectivity index (χ1) is 11.7. The van der Waals surface area contributed by atoms with E-state index < -0.39 is 0 Å². The summed E-state index contributed by atoms with van der Waals surface area (Å²) in [7, 11) is 0. The zero-order valence-corrected chi connectivity index (χ0v) is 13.2. The van der Waals surface area contributed by atoms with Gasteiger partial charge >= 0.3 is 0 Å². The molecule has 1 aliphatic carbocycles. The van der Waals surface area contributed by atoms with Gasteiger partial charge in [0.15, 0.2) is 0 Å². The molecule has 4 rings (SSSR count). The number of hydrogen-bond acceptors (Lipinski definition) is 3. The summed E-state index contributed by atoms with van der Waals surface area (Å²) in [5, 5.41) is 5.68. The Morgan fingerprint density at radius 1 is 1.17 bits per heavy atom. The van der Waals surface area contributed by atoms with Gasteiger partial charge in [-0.3, -0.25) is 9.59 Å². The molecule has 1 aliphatic heterocycles. The van der Waals surface area contributed by atoms with E-state index >= 15 is 0 Å². The van der Waals surface area contributed by atoms with Crippen LogP contribution in [0.1, 0.15) is 35.2 Å². The quantitative estimate of drug-likeness (QED) is 0.907. The van der Waals surface area contributed by atoms with Crippen LogP contribution in [0, 0.1) is 0 Å². The first kappa shape index (κ1) is 14.8. The molecule has 1 fully saturated rings. The van der Waals surface area contributed by atoms with Gasteiger partial charge in [0.2, 0.25) is 5.91 Å². The molecule has 5 nitrogen and oxygen atoms in total. The summed E-state index contributed by atoms with van der Waals surface area (Å²) < 4.78 is 5.91. The minimum Gasteiger partial charge on any atom is -0.490 e. The lowest BCUT2D eigenvalue weighted by molar-refractivity contribution is -0.115. The van der Waals surface area contributed by atoms with Crippen LogP contribution in [0.25, 0.3) is 0 Å². The highest BCUT2D eigenvalue weighted by Crippen LogP contribution is 2.29. The lowest BCUT2D eigenvalue weighted by Gasteiger charge is -2.27. The molecule has 2 aromatic rings.